The van der Waals surface area contributed by atoms with Crippen molar-refractivity contribution < 1.29 is 32.3 Å². The number of Topliss-reactive ketones (excluding diaryl/α,β-unsaturated/α-hetero) is 2. The normalized spacial score (nSPS) is 13.6. The summed E-state index contributed by atoms with van der Waals surface area (Å²) in [5.74, 6) is -6.04. The molecule has 0 aliphatic heterocycles. The van der Waals surface area contributed by atoms with Crippen molar-refractivity contribution in [2.45, 2.75) is 45.5 Å². The van der Waals surface area contributed by atoms with Gasteiger partial charge in [-0.2, -0.15) is 13.2 Å². The zero-order valence-electron chi connectivity index (χ0n) is 15.1. The molecule has 0 saturated carbocycles. The van der Waals surface area contributed by atoms with Crippen LogP contribution in [0.1, 0.15) is 26.3 Å². The number of hydrogen-bond donors (Lipinski definition) is 2. The van der Waals surface area contributed by atoms with Gasteiger partial charge in [-0.15, -0.1) is 0 Å². The van der Waals surface area contributed by atoms with Crippen LogP contribution in [0.4, 0.5) is 13.2 Å². The maximum atomic E-state index is 12.7. The molecule has 0 aliphatic carbocycles. The van der Waals surface area contributed by atoms with Crippen molar-refractivity contribution in [1.82, 2.24) is 10.6 Å². The van der Waals surface area contributed by atoms with E-state index in [9.17, 15) is 32.3 Å². The maximum absolute atomic E-state index is 12.7. The molecule has 2 amide bonds. The Morgan fingerprint density at radius 3 is 2.00 bits per heavy atom. The van der Waals surface area contributed by atoms with Crippen molar-refractivity contribution >= 4 is 23.4 Å². The topological polar surface area (TPSA) is 92.3 Å². The number of halogens is 3. The minimum Gasteiger partial charge on any atom is -0.344 e. The molecular formula is C18H21F3N2O4. The first-order valence-electron chi connectivity index (χ1n) is 8.20. The molecule has 0 aromatic heterocycles. The van der Waals surface area contributed by atoms with Gasteiger partial charge in [0.25, 0.3) is 0 Å². The van der Waals surface area contributed by atoms with Crippen LogP contribution in [-0.2, 0) is 25.6 Å². The third-order valence-electron chi connectivity index (χ3n) is 3.70. The van der Waals surface area contributed by atoms with Crippen LogP contribution in [0.2, 0.25) is 0 Å². The van der Waals surface area contributed by atoms with E-state index in [0.29, 0.717) is 5.56 Å². The Morgan fingerprint density at radius 1 is 1.00 bits per heavy atom. The first-order valence-corrected chi connectivity index (χ1v) is 8.20. The highest BCUT2D eigenvalue weighted by molar-refractivity contribution is 6.41. The van der Waals surface area contributed by atoms with Crippen molar-refractivity contribution in [3.63, 3.8) is 0 Å². The molecule has 2 atom stereocenters. The van der Waals surface area contributed by atoms with Gasteiger partial charge >= 0.3 is 12.0 Å². The summed E-state index contributed by atoms with van der Waals surface area (Å²) < 4.78 is 38.0. The van der Waals surface area contributed by atoms with Gasteiger partial charge in [0.15, 0.2) is 0 Å². The average Bonchev–Trinajstić information content (AvgIpc) is 2.57. The Hall–Kier alpha value is -2.71. The van der Waals surface area contributed by atoms with E-state index in [1.54, 1.807) is 44.2 Å². The number of alkyl halides is 3. The van der Waals surface area contributed by atoms with Crippen LogP contribution in [0.15, 0.2) is 30.3 Å². The lowest BCUT2D eigenvalue weighted by Crippen LogP contribution is -2.55. The van der Waals surface area contributed by atoms with E-state index in [-0.39, 0.29) is 12.3 Å². The summed E-state index contributed by atoms with van der Waals surface area (Å²) in [6, 6.07) is 5.23. The molecule has 0 fully saturated rings. The lowest BCUT2D eigenvalue weighted by Gasteiger charge is -2.24. The zero-order valence-corrected chi connectivity index (χ0v) is 15.1. The molecule has 148 valence electrons. The van der Waals surface area contributed by atoms with Crippen molar-refractivity contribution in [1.29, 1.82) is 0 Å². The molecule has 0 unspecified atom stereocenters. The Morgan fingerprint density at radius 2 is 1.56 bits per heavy atom. The number of benzene rings is 1. The fourth-order valence-electron chi connectivity index (χ4n) is 2.37. The highest BCUT2D eigenvalue weighted by Crippen LogP contribution is 2.18. The minimum absolute atomic E-state index is 0.294. The summed E-state index contributed by atoms with van der Waals surface area (Å²) in [5.41, 5.74) is 0.465. The highest BCUT2D eigenvalue weighted by atomic mass is 19.4. The molecule has 2 N–H and O–H groups in total. The monoisotopic (exact) mass is 386 g/mol. The number of carbonyl (C=O) groups is 4. The maximum Gasteiger partial charge on any atom is 0.458 e. The van der Waals surface area contributed by atoms with Crippen LogP contribution in [0, 0.1) is 5.92 Å². The predicted octanol–water partition coefficient (Wildman–Crippen LogP) is 1.58. The summed E-state index contributed by atoms with van der Waals surface area (Å²) in [5, 5.41) is 4.56. The molecule has 0 spiro atoms. The Bertz CT molecular complexity index is 702. The van der Waals surface area contributed by atoms with E-state index in [1.807, 2.05) is 0 Å². The molecule has 0 saturated heterocycles. The van der Waals surface area contributed by atoms with Gasteiger partial charge in [0.2, 0.25) is 17.6 Å². The summed E-state index contributed by atoms with van der Waals surface area (Å²) in [6.07, 6.45) is -5.63. The van der Waals surface area contributed by atoms with Crippen molar-refractivity contribution in [2.75, 3.05) is 0 Å². The Kier molecular flexibility index (Phi) is 7.68. The molecule has 6 nitrogen and oxygen atoms in total. The first kappa shape index (κ1) is 22.3. The molecule has 1 rings (SSSR count). The van der Waals surface area contributed by atoms with Crippen LogP contribution < -0.4 is 10.6 Å². The van der Waals surface area contributed by atoms with Gasteiger partial charge in [0.05, 0.1) is 6.04 Å². The third-order valence-corrected chi connectivity index (χ3v) is 3.70. The second-order valence-corrected chi connectivity index (χ2v) is 6.36. The first-order chi connectivity index (χ1) is 12.4. The van der Waals surface area contributed by atoms with Crippen LogP contribution in [0.3, 0.4) is 0 Å². The van der Waals surface area contributed by atoms with E-state index in [0.717, 1.165) is 0 Å². The Labute approximate surface area is 154 Å². The van der Waals surface area contributed by atoms with Gasteiger partial charge in [0.1, 0.15) is 6.04 Å². The van der Waals surface area contributed by atoms with E-state index in [4.69, 9.17) is 0 Å². The second-order valence-electron chi connectivity index (χ2n) is 6.36. The van der Waals surface area contributed by atoms with Crippen LogP contribution in [0.5, 0.6) is 0 Å². The van der Waals surface area contributed by atoms with Crippen LogP contribution >= 0.6 is 0 Å². The third kappa shape index (κ3) is 6.84. The van der Waals surface area contributed by atoms with Gasteiger partial charge in [-0.25, -0.2) is 0 Å². The smallest absolute Gasteiger partial charge is 0.344 e. The van der Waals surface area contributed by atoms with Gasteiger partial charge in [-0.1, -0.05) is 44.2 Å². The van der Waals surface area contributed by atoms with E-state index in [1.165, 1.54) is 6.92 Å². The average molecular weight is 386 g/mol. The lowest BCUT2D eigenvalue weighted by molar-refractivity contribution is -0.175. The second kappa shape index (κ2) is 9.29. The molecule has 0 aliphatic rings. The van der Waals surface area contributed by atoms with Crippen molar-refractivity contribution in [2.24, 2.45) is 5.92 Å². The predicted molar refractivity (Wildman–Crippen MR) is 90.6 cm³/mol. The van der Waals surface area contributed by atoms with Crippen LogP contribution in [-0.4, -0.2) is 41.6 Å². The summed E-state index contributed by atoms with van der Waals surface area (Å²) in [4.78, 5) is 47.1. The fourth-order valence-corrected chi connectivity index (χ4v) is 2.37. The molecular weight excluding hydrogens is 365 g/mol. The molecule has 0 heterocycles. The van der Waals surface area contributed by atoms with E-state index in [2.05, 4.69) is 10.6 Å². The van der Waals surface area contributed by atoms with Gasteiger partial charge in [-0.05, 0) is 11.5 Å². The Balaban J connectivity index is 3.09. The van der Waals surface area contributed by atoms with Gasteiger partial charge < -0.3 is 10.6 Å². The number of nitrogens with one attached hydrogen (secondary N) is 2. The standard InChI is InChI=1S/C18H21F3N2O4/c1-10(2)14(22-11(3)24)17(27)23-13(9-12-7-5-4-6-8-12)15(25)16(26)18(19,20)21/h4-8,10,13-14H,9H2,1-3H3,(H,22,24)(H,23,27)/t13-,14-/m0/s1. The molecule has 0 radical (unpaired) electrons. The SMILES string of the molecule is CC(=O)N[C@H](C(=O)N[C@@H](Cc1ccccc1)C(=O)C(=O)C(F)(F)F)C(C)C. The largest absolute Gasteiger partial charge is 0.458 e. The highest BCUT2D eigenvalue weighted by Gasteiger charge is 2.46. The number of carbonyl (C=O) groups excluding carboxylic acids is 4. The summed E-state index contributed by atoms with van der Waals surface area (Å²) >= 11 is 0. The van der Waals surface area contributed by atoms with Gasteiger partial charge in [-0.3, -0.25) is 19.2 Å². The number of ketones is 2. The number of hydrogen-bond acceptors (Lipinski definition) is 4. The molecule has 1 aromatic rings. The lowest BCUT2D eigenvalue weighted by atomic mass is 9.97. The summed E-state index contributed by atoms with van der Waals surface area (Å²) in [6.45, 7) is 4.42. The van der Waals surface area contributed by atoms with Crippen LogP contribution in [0.25, 0.3) is 0 Å². The minimum atomic E-state index is -5.34. The zero-order chi connectivity index (χ0) is 20.8. The molecule has 0 bridgehead atoms. The van der Waals surface area contributed by atoms with E-state index >= 15 is 0 Å². The molecule has 1 aromatic carbocycles. The number of amides is 2. The van der Waals surface area contributed by atoms with E-state index < -0.39 is 41.6 Å². The number of rotatable bonds is 8. The molecule has 27 heavy (non-hydrogen) atoms. The van der Waals surface area contributed by atoms with Crippen molar-refractivity contribution in [3.8, 4) is 0 Å². The fraction of sp³-hybridized carbons (Fsp3) is 0.444. The quantitative estimate of drug-likeness (QED) is 0.664. The molecule has 9 heteroatoms. The summed E-state index contributed by atoms with van der Waals surface area (Å²) in [7, 11) is 0. The van der Waals surface area contributed by atoms with Gasteiger partial charge in [0, 0.05) is 13.3 Å². The van der Waals surface area contributed by atoms with Crippen molar-refractivity contribution in [3.05, 3.63) is 35.9 Å².